The molecule has 3 amide bonds. The number of hydroxylamine groups is 1. The Morgan fingerprint density at radius 1 is 0.402 bits per heavy atom. The number of carbonyl (C=O) groups excluding carboxylic acids is 5. The fourth-order valence-corrected chi connectivity index (χ4v) is 10.8. The van der Waals surface area contributed by atoms with E-state index in [1.54, 1.807) is 5.48 Å². The fourth-order valence-electron chi connectivity index (χ4n) is 10.8. The SMILES string of the molecule is COC(=O)Cc1ccc(CCCCc2ccc(N)cc2)cc1.COC(=O)Cc1ccc(CCCCc2ccc(NC(=O)OCCN3CCOCC3)cc2)cc1.NCCN1CCOCC1.O=C(Cc1ccc(CCCCc2ccc(NC(=O)OCCN3CCOCC3)cc2)cc1)NO. The highest BCUT2D eigenvalue weighted by atomic mass is 16.6. The number of hydrogen-bond acceptors (Lipinski definition) is 18. The number of nitrogen functional groups attached to an aromatic ring is 1. The zero-order valence-corrected chi connectivity index (χ0v) is 57.0. The maximum Gasteiger partial charge on any atom is 0.411 e. The number of aryl methyl sites for hydroxylation is 6. The number of amides is 3. The smallest absolute Gasteiger partial charge is 0.411 e. The molecule has 21 heteroatoms. The van der Waals surface area contributed by atoms with Crippen LogP contribution in [0.2, 0.25) is 0 Å². The monoisotopic (exact) mass is 1340 g/mol. The number of anilines is 3. The molecule has 21 nitrogen and oxygen atoms in total. The van der Waals surface area contributed by atoms with Crippen LogP contribution in [-0.4, -0.2) is 182 Å². The molecule has 0 saturated carbocycles. The zero-order valence-electron chi connectivity index (χ0n) is 57.0. The number of nitrogens with zero attached hydrogens (tertiary/aromatic N) is 3. The minimum Gasteiger partial charge on any atom is -0.469 e. The van der Waals surface area contributed by atoms with Crippen LogP contribution in [0, 0.1) is 0 Å². The molecule has 0 radical (unpaired) electrons. The average Bonchev–Trinajstić information content (AvgIpc) is 3.84. The lowest BCUT2D eigenvalue weighted by molar-refractivity contribution is -0.140. The predicted molar refractivity (Wildman–Crippen MR) is 379 cm³/mol. The third-order valence-electron chi connectivity index (χ3n) is 16.7. The summed E-state index contributed by atoms with van der Waals surface area (Å²) in [6.07, 6.45) is 12.7. The van der Waals surface area contributed by atoms with Gasteiger partial charge in [-0.1, -0.05) is 109 Å². The van der Waals surface area contributed by atoms with Gasteiger partial charge in [-0.05, 0) is 164 Å². The van der Waals surface area contributed by atoms with Gasteiger partial charge in [0.05, 0.1) is 73.1 Å². The number of hydrogen-bond donors (Lipinski definition) is 6. The van der Waals surface area contributed by atoms with Gasteiger partial charge in [0, 0.05) is 82.5 Å². The second kappa shape index (κ2) is 46.8. The van der Waals surface area contributed by atoms with Crippen LogP contribution in [0.3, 0.4) is 0 Å². The Morgan fingerprint density at radius 2 is 0.670 bits per heavy atom. The van der Waals surface area contributed by atoms with Crippen LogP contribution in [0.15, 0.2) is 146 Å². The van der Waals surface area contributed by atoms with Crippen molar-refractivity contribution in [3.8, 4) is 0 Å². The molecule has 3 aliphatic rings. The maximum atomic E-state index is 12.0. The molecule has 8 N–H and O–H groups in total. The second-order valence-electron chi connectivity index (χ2n) is 24.1. The van der Waals surface area contributed by atoms with E-state index in [4.69, 9.17) is 45.1 Å². The van der Waals surface area contributed by atoms with Gasteiger partial charge in [0.25, 0.3) is 0 Å². The van der Waals surface area contributed by atoms with E-state index in [0.717, 1.165) is 216 Å². The minimum absolute atomic E-state index is 0.174. The Labute approximate surface area is 573 Å². The summed E-state index contributed by atoms with van der Waals surface area (Å²) in [6, 6.07) is 48.1. The van der Waals surface area contributed by atoms with Crippen LogP contribution in [-0.2, 0) is 105 Å². The molecule has 0 aromatic heterocycles. The summed E-state index contributed by atoms with van der Waals surface area (Å²) in [5.74, 6) is -0.828. The standard InChI is InChI=1S/C26H34N2O5.C25H33N3O5.C19H23NO2.C6H14N2O/c1-31-25(29)20-23-8-6-21(7-9-23)4-2-3-5-22-10-12-24(13-11-22)27-26(30)33-19-16-28-14-17-32-18-15-28;29-24(27-31)19-22-7-5-20(6-8-22)3-1-2-4-21-9-11-23(12-10-21)26-25(30)33-18-15-28-13-16-32-17-14-28;1-22-19(21)14-17-8-6-15(7-9-17)4-2-3-5-16-10-12-18(20)13-11-16;7-1-2-8-3-5-9-6-4-8/h6-13H,2-5,14-20H2,1H3,(H,27,30);5-12,31H,1-4,13-19H2,(H,26,30)(H,27,29);6-13H,2-5,14,20H2,1H3;1-7H2. The lowest BCUT2D eigenvalue weighted by Crippen LogP contribution is -2.39. The van der Waals surface area contributed by atoms with Crippen molar-refractivity contribution in [2.45, 2.75) is 96.3 Å². The quantitative estimate of drug-likeness (QED) is 0.00590. The highest BCUT2D eigenvalue weighted by molar-refractivity contribution is 5.85. The number of carbonyl (C=O) groups is 5. The minimum atomic E-state index is -0.431. The van der Waals surface area contributed by atoms with E-state index >= 15 is 0 Å². The van der Waals surface area contributed by atoms with Gasteiger partial charge in [-0.2, -0.15) is 0 Å². The molecular weight excluding hydrogens is 1230 g/mol. The van der Waals surface area contributed by atoms with Gasteiger partial charge >= 0.3 is 24.1 Å². The van der Waals surface area contributed by atoms with E-state index in [0.29, 0.717) is 26.1 Å². The van der Waals surface area contributed by atoms with Crippen LogP contribution < -0.4 is 27.6 Å². The van der Waals surface area contributed by atoms with Crippen molar-refractivity contribution in [3.05, 3.63) is 196 Å². The van der Waals surface area contributed by atoms with E-state index in [1.807, 2.05) is 109 Å². The van der Waals surface area contributed by atoms with Crippen molar-refractivity contribution in [1.29, 1.82) is 0 Å². The molecule has 9 rings (SSSR count). The van der Waals surface area contributed by atoms with Crippen LogP contribution in [0.1, 0.15) is 88.6 Å². The highest BCUT2D eigenvalue weighted by Crippen LogP contribution is 2.18. The van der Waals surface area contributed by atoms with Gasteiger partial charge in [0.2, 0.25) is 5.91 Å². The van der Waals surface area contributed by atoms with Crippen LogP contribution in [0.5, 0.6) is 0 Å². The van der Waals surface area contributed by atoms with Crippen molar-refractivity contribution in [1.82, 2.24) is 20.2 Å². The first-order valence-electron chi connectivity index (χ1n) is 34.2. The molecule has 6 aromatic carbocycles. The summed E-state index contributed by atoms with van der Waals surface area (Å²) in [4.78, 5) is 64.4. The largest absolute Gasteiger partial charge is 0.469 e. The van der Waals surface area contributed by atoms with Gasteiger partial charge in [0.1, 0.15) is 13.2 Å². The molecule has 0 atom stereocenters. The summed E-state index contributed by atoms with van der Waals surface area (Å²) in [5.41, 5.74) is 25.5. The molecule has 3 saturated heterocycles. The third-order valence-corrected chi connectivity index (χ3v) is 16.7. The van der Waals surface area contributed by atoms with Gasteiger partial charge in [-0.3, -0.25) is 44.9 Å². The lowest BCUT2D eigenvalue weighted by Gasteiger charge is -2.26. The normalized spacial score (nSPS) is 13.9. The number of morpholine rings is 3. The molecule has 0 bridgehead atoms. The zero-order chi connectivity index (χ0) is 68.9. The number of nitrogens with two attached hydrogens (primary N) is 2. The first-order valence-corrected chi connectivity index (χ1v) is 34.2. The van der Waals surface area contributed by atoms with Gasteiger partial charge < -0.3 is 44.6 Å². The third kappa shape index (κ3) is 34.0. The first-order chi connectivity index (χ1) is 47.3. The molecule has 3 fully saturated rings. The van der Waals surface area contributed by atoms with Gasteiger partial charge in [-0.25, -0.2) is 15.1 Å². The van der Waals surface area contributed by atoms with Crippen molar-refractivity contribution < 1.29 is 62.3 Å². The molecule has 526 valence electrons. The summed E-state index contributed by atoms with van der Waals surface area (Å²) in [6.45, 7) is 14.3. The Balaban J connectivity index is 0.000000219. The van der Waals surface area contributed by atoms with Crippen molar-refractivity contribution in [3.63, 3.8) is 0 Å². The Kier molecular flexibility index (Phi) is 37.5. The van der Waals surface area contributed by atoms with Crippen molar-refractivity contribution in [2.75, 3.05) is 149 Å². The summed E-state index contributed by atoms with van der Waals surface area (Å²) >= 11 is 0. The molecule has 3 aliphatic heterocycles. The van der Waals surface area contributed by atoms with Crippen molar-refractivity contribution in [2.24, 2.45) is 5.73 Å². The Hall–Kier alpha value is -8.25. The van der Waals surface area contributed by atoms with Crippen LogP contribution >= 0.6 is 0 Å². The van der Waals surface area contributed by atoms with Crippen molar-refractivity contribution >= 4 is 47.1 Å². The van der Waals surface area contributed by atoms with Crippen LogP contribution in [0.25, 0.3) is 0 Å². The molecule has 0 spiro atoms. The van der Waals surface area contributed by atoms with Gasteiger partial charge in [-0.15, -0.1) is 0 Å². The Bertz CT molecular complexity index is 2990. The average molecular weight is 1340 g/mol. The number of methoxy groups -OCH3 is 2. The molecule has 0 aliphatic carbocycles. The van der Waals surface area contributed by atoms with E-state index in [-0.39, 0.29) is 18.4 Å². The van der Waals surface area contributed by atoms with E-state index < -0.39 is 18.1 Å². The van der Waals surface area contributed by atoms with E-state index in [9.17, 15) is 24.0 Å². The number of unbranched alkanes of at least 4 members (excludes halogenated alkanes) is 3. The first kappa shape index (κ1) is 77.8. The number of rotatable bonds is 31. The molecule has 0 unspecified atom stereocenters. The number of nitrogens with one attached hydrogen (secondary N) is 3. The van der Waals surface area contributed by atoms with Gasteiger partial charge in [0.15, 0.2) is 0 Å². The number of esters is 2. The predicted octanol–water partition coefficient (Wildman–Crippen LogP) is 9.86. The maximum absolute atomic E-state index is 12.0. The molecular formula is C76H104N8O13. The molecule has 3 heterocycles. The van der Waals surface area contributed by atoms with Crippen LogP contribution in [0.4, 0.5) is 26.7 Å². The summed E-state index contributed by atoms with van der Waals surface area (Å²) < 4.78 is 35.7. The number of benzene rings is 6. The molecule has 97 heavy (non-hydrogen) atoms. The summed E-state index contributed by atoms with van der Waals surface area (Å²) in [5, 5.41) is 14.1. The Morgan fingerprint density at radius 3 is 0.959 bits per heavy atom. The topological polar surface area (TPSA) is 268 Å². The van der Waals surface area contributed by atoms with E-state index in [1.165, 1.54) is 47.6 Å². The van der Waals surface area contributed by atoms with E-state index in [2.05, 4.69) is 66.5 Å². The lowest BCUT2D eigenvalue weighted by atomic mass is 10.0. The second-order valence-corrected chi connectivity index (χ2v) is 24.1. The number of ether oxygens (including phenoxy) is 7. The summed E-state index contributed by atoms with van der Waals surface area (Å²) in [7, 11) is 2.82. The molecule has 6 aromatic rings. The fraction of sp³-hybridized carbons (Fsp3) is 0.461. The highest BCUT2D eigenvalue weighted by Gasteiger charge is 2.14.